The Kier molecular flexibility index (Phi) is 6.20. The van der Waals surface area contributed by atoms with Gasteiger partial charge in [-0.15, -0.1) is 10.2 Å². The summed E-state index contributed by atoms with van der Waals surface area (Å²) in [5, 5.41) is 19.3. The van der Waals surface area contributed by atoms with Crippen molar-refractivity contribution in [1.82, 2.24) is 20.1 Å². The van der Waals surface area contributed by atoms with Crippen LogP contribution in [0.3, 0.4) is 0 Å². The predicted octanol–water partition coefficient (Wildman–Crippen LogP) is 2.09. The highest BCUT2D eigenvalue weighted by atomic mass is 35.5. The van der Waals surface area contributed by atoms with Crippen LogP contribution in [-0.2, 0) is 11.2 Å². The first-order chi connectivity index (χ1) is 14.3. The minimum absolute atomic E-state index is 0.203. The number of aromatic amines is 1. The Morgan fingerprint density at radius 2 is 1.93 bits per heavy atom. The number of benzene rings is 1. The average Bonchev–Trinajstić information content (AvgIpc) is 3.16. The first-order valence-corrected chi connectivity index (χ1v) is 10.9. The zero-order valence-corrected chi connectivity index (χ0v) is 18.3. The molecular formula is C21H31ClN6O2. The summed E-state index contributed by atoms with van der Waals surface area (Å²) in [5.74, 6) is 1.08. The van der Waals surface area contributed by atoms with E-state index in [2.05, 4.69) is 37.1 Å². The Balaban J connectivity index is 1.46. The number of morpholine rings is 1. The van der Waals surface area contributed by atoms with Gasteiger partial charge in [0, 0.05) is 36.7 Å². The number of nitrogens with one attached hydrogen (secondary N) is 1. The molecule has 9 heteroatoms. The molecule has 2 saturated heterocycles. The molecule has 1 aromatic heterocycles. The number of halogens is 1. The van der Waals surface area contributed by atoms with E-state index in [1.54, 1.807) is 0 Å². The average molecular weight is 435 g/mol. The fourth-order valence-electron chi connectivity index (χ4n) is 4.48. The molecule has 4 rings (SSSR count). The first-order valence-electron chi connectivity index (χ1n) is 10.6. The molecule has 3 heterocycles. The van der Waals surface area contributed by atoms with Gasteiger partial charge in [-0.2, -0.15) is 0 Å². The van der Waals surface area contributed by atoms with Gasteiger partial charge in [0.1, 0.15) is 0 Å². The van der Waals surface area contributed by atoms with E-state index in [1.807, 2.05) is 26.0 Å². The van der Waals surface area contributed by atoms with Crippen molar-refractivity contribution in [2.45, 2.75) is 56.9 Å². The second-order valence-corrected chi connectivity index (χ2v) is 9.35. The van der Waals surface area contributed by atoms with Gasteiger partial charge in [-0.25, -0.2) is 0 Å². The Hall–Kier alpha value is -1.87. The molecule has 8 nitrogen and oxygen atoms in total. The minimum Gasteiger partial charge on any atom is -0.388 e. The van der Waals surface area contributed by atoms with Crippen molar-refractivity contribution in [1.29, 1.82) is 0 Å². The maximum Gasteiger partial charge on any atom is 0.226 e. The molecule has 1 aromatic carbocycles. The summed E-state index contributed by atoms with van der Waals surface area (Å²) in [7, 11) is 0. The summed E-state index contributed by atoms with van der Waals surface area (Å²) in [6.07, 6.45) is 2.72. The molecule has 0 amide bonds. The number of aliphatic hydroxyl groups is 1. The van der Waals surface area contributed by atoms with Gasteiger partial charge < -0.3 is 20.5 Å². The van der Waals surface area contributed by atoms with E-state index in [-0.39, 0.29) is 12.1 Å². The lowest BCUT2D eigenvalue weighted by molar-refractivity contribution is -0.154. The van der Waals surface area contributed by atoms with Crippen molar-refractivity contribution in [2.75, 3.05) is 36.9 Å². The number of nitrogens with two attached hydrogens (primary N) is 1. The molecule has 164 valence electrons. The monoisotopic (exact) mass is 434 g/mol. The summed E-state index contributed by atoms with van der Waals surface area (Å²) in [6.45, 7) is 6.76. The maximum atomic E-state index is 10.6. The van der Waals surface area contributed by atoms with E-state index in [0.717, 1.165) is 49.9 Å². The first kappa shape index (κ1) is 21.4. The lowest BCUT2D eigenvalue weighted by Gasteiger charge is -2.48. The molecule has 2 aliphatic heterocycles. The highest BCUT2D eigenvalue weighted by molar-refractivity contribution is 6.30. The SMILES string of the molecule is CC(C)(O)C1CN(C2CCN(c3nnc(N)[nH]3)CC2)[C@@H](Cc2ccc(Cl)cc2)CO1. The van der Waals surface area contributed by atoms with E-state index in [0.29, 0.717) is 18.6 Å². The molecule has 4 N–H and O–H groups in total. The highest BCUT2D eigenvalue weighted by Gasteiger charge is 2.40. The number of piperidine rings is 1. The summed E-state index contributed by atoms with van der Waals surface area (Å²) in [5.41, 5.74) is 6.05. The van der Waals surface area contributed by atoms with Crippen LogP contribution in [0.15, 0.2) is 24.3 Å². The van der Waals surface area contributed by atoms with Crippen LogP contribution in [0, 0.1) is 0 Å². The number of rotatable bonds is 5. The molecule has 0 saturated carbocycles. The summed E-state index contributed by atoms with van der Waals surface area (Å²) < 4.78 is 6.10. The summed E-state index contributed by atoms with van der Waals surface area (Å²) >= 11 is 6.05. The van der Waals surface area contributed by atoms with Gasteiger partial charge in [-0.05, 0) is 50.8 Å². The fraction of sp³-hybridized carbons (Fsp3) is 0.619. The molecule has 0 aliphatic carbocycles. The second kappa shape index (κ2) is 8.70. The zero-order valence-electron chi connectivity index (χ0n) is 17.6. The molecule has 2 aliphatic rings. The van der Waals surface area contributed by atoms with E-state index in [4.69, 9.17) is 22.1 Å². The minimum atomic E-state index is -0.873. The summed E-state index contributed by atoms with van der Waals surface area (Å²) in [4.78, 5) is 7.76. The third-order valence-electron chi connectivity index (χ3n) is 6.23. The molecule has 30 heavy (non-hydrogen) atoms. The van der Waals surface area contributed by atoms with Crippen molar-refractivity contribution in [3.05, 3.63) is 34.9 Å². The zero-order chi connectivity index (χ0) is 21.3. The van der Waals surface area contributed by atoms with Gasteiger partial charge in [0.25, 0.3) is 0 Å². The van der Waals surface area contributed by atoms with Crippen molar-refractivity contribution in [2.24, 2.45) is 0 Å². The quantitative estimate of drug-likeness (QED) is 0.661. The van der Waals surface area contributed by atoms with Crippen LogP contribution in [0.25, 0.3) is 0 Å². The van der Waals surface area contributed by atoms with Crippen molar-refractivity contribution in [3.63, 3.8) is 0 Å². The smallest absolute Gasteiger partial charge is 0.226 e. The Bertz CT molecular complexity index is 829. The van der Waals surface area contributed by atoms with Crippen LogP contribution in [0.4, 0.5) is 11.9 Å². The maximum absolute atomic E-state index is 10.6. The number of H-pyrrole nitrogens is 1. The highest BCUT2D eigenvalue weighted by Crippen LogP contribution is 2.29. The lowest BCUT2D eigenvalue weighted by Crippen LogP contribution is -2.61. The predicted molar refractivity (Wildman–Crippen MR) is 118 cm³/mol. The normalized spacial score (nSPS) is 24.3. The topological polar surface area (TPSA) is 104 Å². The second-order valence-electron chi connectivity index (χ2n) is 8.91. The molecule has 2 aromatic rings. The molecule has 1 unspecified atom stereocenters. The van der Waals surface area contributed by atoms with Crippen LogP contribution < -0.4 is 10.6 Å². The molecule has 0 radical (unpaired) electrons. The van der Waals surface area contributed by atoms with Crippen LogP contribution in [0.2, 0.25) is 5.02 Å². The van der Waals surface area contributed by atoms with Gasteiger partial charge in [0.2, 0.25) is 11.9 Å². The Morgan fingerprint density at radius 1 is 1.23 bits per heavy atom. The van der Waals surface area contributed by atoms with Gasteiger partial charge in [-0.3, -0.25) is 9.88 Å². The van der Waals surface area contributed by atoms with Crippen molar-refractivity contribution >= 4 is 23.5 Å². The summed E-state index contributed by atoms with van der Waals surface area (Å²) in [6, 6.07) is 8.73. The molecule has 2 fully saturated rings. The van der Waals surface area contributed by atoms with Crippen LogP contribution in [-0.4, -0.2) is 75.2 Å². The van der Waals surface area contributed by atoms with Crippen molar-refractivity contribution in [3.8, 4) is 0 Å². The molecule has 0 bridgehead atoms. The van der Waals surface area contributed by atoms with Gasteiger partial charge >= 0.3 is 0 Å². The van der Waals surface area contributed by atoms with E-state index < -0.39 is 5.60 Å². The third-order valence-corrected chi connectivity index (χ3v) is 6.49. The number of anilines is 2. The number of nitrogen functional groups attached to an aromatic ring is 1. The number of nitrogens with zero attached hydrogens (tertiary/aromatic N) is 4. The van der Waals surface area contributed by atoms with Gasteiger partial charge in [0.15, 0.2) is 0 Å². The van der Waals surface area contributed by atoms with Gasteiger partial charge in [0.05, 0.1) is 18.3 Å². The molecule has 0 spiro atoms. The van der Waals surface area contributed by atoms with Gasteiger partial charge in [-0.1, -0.05) is 23.7 Å². The van der Waals surface area contributed by atoms with E-state index in [1.165, 1.54) is 5.56 Å². The number of aromatic nitrogens is 3. The number of ether oxygens (including phenoxy) is 1. The van der Waals surface area contributed by atoms with Crippen LogP contribution >= 0.6 is 11.6 Å². The molecule has 2 atom stereocenters. The standard InChI is InChI=1S/C21H31ClN6O2/c1-21(2,29)18-12-28(17(13-30-18)11-14-3-5-15(22)6-4-14)16-7-9-27(10-8-16)20-24-19(23)25-26-20/h3-6,16-18,29H,7-13H2,1-2H3,(H3,23,24,25,26)/t17-,18?/m0/s1. The van der Waals surface area contributed by atoms with E-state index in [9.17, 15) is 5.11 Å². The Labute approximate surface area is 182 Å². The lowest BCUT2D eigenvalue weighted by atomic mass is 9.92. The third kappa shape index (κ3) is 4.88. The van der Waals surface area contributed by atoms with Crippen molar-refractivity contribution < 1.29 is 9.84 Å². The number of hydrogen-bond acceptors (Lipinski definition) is 7. The fourth-order valence-corrected chi connectivity index (χ4v) is 4.60. The molecular weight excluding hydrogens is 404 g/mol. The van der Waals surface area contributed by atoms with Crippen LogP contribution in [0.1, 0.15) is 32.3 Å². The van der Waals surface area contributed by atoms with Crippen LogP contribution in [0.5, 0.6) is 0 Å². The Morgan fingerprint density at radius 3 is 2.53 bits per heavy atom. The van der Waals surface area contributed by atoms with E-state index >= 15 is 0 Å². The largest absolute Gasteiger partial charge is 0.388 e. The number of hydrogen-bond donors (Lipinski definition) is 3.